The molecule has 1 aliphatic rings. The minimum atomic E-state index is -0.479. The molecule has 0 bridgehead atoms. The number of hydrogen-bond donors (Lipinski definition) is 0. The van der Waals surface area contributed by atoms with E-state index in [1.54, 1.807) is 0 Å². The summed E-state index contributed by atoms with van der Waals surface area (Å²) in [5, 5.41) is 0.295. The minimum absolute atomic E-state index is 0.0753. The number of nitrogens with zero attached hydrogens (tertiary/aromatic N) is 1. The van der Waals surface area contributed by atoms with E-state index in [4.69, 9.17) is 16.3 Å². The van der Waals surface area contributed by atoms with Crippen molar-refractivity contribution in [2.45, 2.75) is 38.2 Å². The summed E-state index contributed by atoms with van der Waals surface area (Å²) >= 11 is 5.60. The Bertz CT molecular complexity index is 339. The van der Waals surface area contributed by atoms with Crippen LogP contribution in [0.1, 0.15) is 32.1 Å². The van der Waals surface area contributed by atoms with Gasteiger partial charge in [0.05, 0.1) is 5.02 Å². The summed E-state index contributed by atoms with van der Waals surface area (Å²) in [5.74, 6) is -0.403. The molecule has 0 aliphatic heterocycles. The Morgan fingerprint density at radius 1 is 1.33 bits per heavy atom. The van der Waals surface area contributed by atoms with E-state index in [0.29, 0.717) is 5.02 Å². The third kappa shape index (κ3) is 2.81. The Balaban J connectivity index is 2.03. The number of ether oxygens (including phenoxy) is 1. The van der Waals surface area contributed by atoms with Gasteiger partial charge in [0, 0.05) is 6.20 Å². The van der Waals surface area contributed by atoms with Gasteiger partial charge in [-0.15, -0.1) is 0 Å². The van der Waals surface area contributed by atoms with E-state index in [-0.39, 0.29) is 12.0 Å². The lowest BCUT2D eigenvalue weighted by Crippen LogP contribution is -2.20. The molecule has 0 unspecified atom stereocenters. The highest BCUT2D eigenvalue weighted by atomic mass is 35.5. The lowest BCUT2D eigenvalue weighted by atomic mass is 9.98. The van der Waals surface area contributed by atoms with Crippen LogP contribution in [-0.4, -0.2) is 11.1 Å². The highest BCUT2D eigenvalue weighted by Gasteiger charge is 2.17. The van der Waals surface area contributed by atoms with Gasteiger partial charge in [0.2, 0.25) is 0 Å². The molecular formula is C11H13ClFNO. The van der Waals surface area contributed by atoms with E-state index in [0.717, 1.165) is 25.7 Å². The second-order valence-corrected chi connectivity index (χ2v) is 4.25. The van der Waals surface area contributed by atoms with Crippen LogP contribution in [0.5, 0.6) is 5.88 Å². The van der Waals surface area contributed by atoms with Gasteiger partial charge in [0.25, 0.3) is 5.88 Å². The van der Waals surface area contributed by atoms with Gasteiger partial charge in [-0.3, -0.25) is 0 Å². The van der Waals surface area contributed by atoms with Crippen molar-refractivity contribution in [3.63, 3.8) is 0 Å². The van der Waals surface area contributed by atoms with Crippen molar-refractivity contribution in [3.05, 3.63) is 23.1 Å². The summed E-state index contributed by atoms with van der Waals surface area (Å²) in [6.07, 6.45) is 7.05. The lowest BCUT2D eigenvalue weighted by Gasteiger charge is -2.22. The molecule has 0 aromatic carbocycles. The first kappa shape index (κ1) is 10.7. The maximum absolute atomic E-state index is 13.3. The smallest absolute Gasteiger partial charge is 0.250 e. The monoisotopic (exact) mass is 229 g/mol. The van der Waals surface area contributed by atoms with Gasteiger partial charge >= 0.3 is 0 Å². The van der Waals surface area contributed by atoms with Gasteiger partial charge in [-0.25, -0.2) is 9.37 Å². The van der Waals surface area contributed by atoms with E-state index < -0.39 is 5.82 Å². The van der Waals surface area contributed by atoms with Crippen LogP contribution in [0.4, 0.5) is 4.39 Å². The Labute approximate surface area is 93.4 Å². The molecule has 15 heavy (non-hydrogen) atoms. The summed E-state index contributed by atoms with van der Waals surface area (Å²) in [5.41, 5.74) is 0. The second-order valence-electron chi connectivity index (χ2n) is 3.82. The van der Waals surface area contributed by atoms with Crippen LogP contribution >= 0.6 is 11.6 Å². The first-order chi connectivity index (χ1) is 7.25. The standard InChI is InChI=1S/C11H13ClFNO/c12-8-6-10(13)11(14-7-8)15-9-4-2-1-3-5-9/h6-7,9H,1-5H2. The maximum atomic E-state index is 13.3. The molecule has 4 heteroatoms. The largest absolute Gasteiger partial charge is 0.472 e. The molecule has 0 spiro atoms. The van der Waals surface area contributed by atoms with Crippen LogP contribution in [0, 0.1) is 5.82 Å². The Hall–Kier alpha value is -0.830. The normalized spacial score (nSPS) is 17.7. The van der Waals surface area contributed by atoms with Gasteiger partial charge in [0.1, 0.15) is 6.10 Å². The fourth-order valence-corrected chi connectivity index (χ4v) is 1.97. The summed E-state index contributed by atoms with van der Waals surface area (Å²) in [6.45, 7) is 0. The minimum Gasteiger partial charge on any atom is -0.472 e. The van der Waals surface area contributed by atoms with E-state index in [9.17, 15) is 4.39 Å². The van der Waals surface area contributed by atoms with Crippen LogP contribution in [0.2, 0.25) is 5.02 Å². The van der Waals surface area contributed by atoms with Gasteiger partial charge in [-0.05, 0) is 31.7 Å². The maximum Gasteiger partial charge on any atom is 0.250 e. The van der Waals surface area contributed by atoms with Crippen LogP contribution in [0.25, 0.3) is 0 Å². The van der Waals surface area contributed by atoms with Crippen LogP contribution in [-0.2, 0) is 0 Å². The first-order valence-corrected chi connectivity index (χ1v) is 5.61. The first-order valence-electron chi connectivity index (χ1n) is 5.23. The van der Waals surface area contributed by atoms with Crippen molar-refractivity contribution in [2.24, 2.45) is 0 Å². The molecule has 2 nitrogen and oxygen atoms in total. The van der Waals surface area contributed by atoms with Crippen LogP contribution < -0.4 is 4.74 Å². The molecule has 82 valence electrons. The van der Waals surface area contributed by atoms with Crippen molar-refractivity contribution >= 4 is 11.6 Å². The predicted octanol–water partition coefficient (Wildman–Crippen LogP) is 3.59. The molecule has 1 fully saturated rings. The Morgan fingerprint density at radius 3 is 2.73 bits per heavy atom. The van der Waals surface area contributed by atoms with Gasteiger partial charge in [0.15, 0.2) is 5.82 Å². The number of rotatable bonds is 2. The topological polar surface area (TPSA) is 22.1 Å². The molecule has 2 rings (SSSR count). The highest BCUT2D eigenvalue weighted by Crippen LogP contribution is 2.24. The zero-order valence-electron chi connectivity index (χ0n) is 8.38. The van der Waals surface area contributed by atoms with E-state index >= 15 is 0 Å². The van der Waals surface area contributed by atoms with Gasteiger partial charge in [-0.2, -0.15) is 0 Å². The van der Waals surface area contributed by atoms with Crippen molar-refractivity contribution in [3.8, 4) is 5.88 Å². The molecule has 0 N–H and O–H groups in total. The van der Waals surface area contributed by atoms with Crippen LogP contribution in [0.15, 0.2) is 12.3 Å². The van der Waals surface area contributed by atoms with E-state index in [2.05, 4.69) is 4.98 Å². The summed E-state index contributed by atoms with van der Waals surface area (Å²) < 4.78 is 18.8. The third-order valence-corrected chi connectivity index (χ3v) is 2.81. The third-order valence-electron chi connectivity index (χ3n) is 2.60. The van der Waals surface area contributed by atoms with Gasteiger partial charge < -0.3 is 4.74 Å². The SMILES string of the molecule is Fc1cc(Cl)cnc1OC1CCCCC1. The fraction of sp³-hybridized carbons (Fsp3) is 0.545. The molecule has 1 aliphatic carbocycles. The quantitative estimate of drug-likeness (QED) is 0.773. The van der Waals surface area contributed by atoms with Crippen molar-refractivity contribution in [1.82, 2.24) is 4.98 Å². The lowest BCUT2D eigenvalue weighted by molar-refractivity contribution is 0.142. The summed E-state index contributed by atoms with van der Waals surface area (Å²) in [4.78, 5) is 3.84. The van der Waals surface area contributed by atoms with Crippen LogP contribution in [0.3, 0.4) is 0 Å². The molecule has 0 radical (unpaired) electrons. The number of halogens is 2. The fourth-order valence-electron chi connectivity index (χ4n) is 1.83. The van der Waals surface area contributed by atoms with E-state index in [1.165, 1.54) is 18.7 Å². The predicted molar refractivity (Wildman–Crippen MR) is 56.7 cm³/mol. The Morgan fingerprint density at radius 2 is 2.07 bits per heavy atom. The number of aromatic nitrogens is 1. The highest BCUT2D eigenvalue weighted by molar-refractivity contribution is 6.30. The molecule has 1 aromatic heterocycles. The van der Waals surface area contributed by atoms with E-state index in [1.807, 2.05) is 0 Å². The molecule has 0 saturated heterocycles. The zero-order valence-corrected chi connectivity index (χ0v) is 9.13. The molecular weight excluding hydrogens is 217 g/mol. The zero-order chi connectivity index (χ0) is 10.7. The second kappa shape index (κ2) is 4.79. The van der Waals surface area contributed by atoms with Gasteiger partial charge in [-0.1, -0.05) is 18.0 Å². The average Bonchev–Trinajstić information content (AvgIpc) is 2.24. The van der Waals surface area contributed by atoms with Crippen molar-refractivity contribution in [1.29, 1.82) is 0 Å². The molecule has 1 saturated carbocycles. The molecule has 0 amide bonds. The number of pyridine rings is 1. The van der Waals surface area contributed by atoms with Crippen molar-refractivity contribution in [2.75, 3.05) is 0 Å². The average molecular weight is 230 g/mol. The number of hydrogen-bond acceptors (Lipinski definition) is 2. The Kier molecular flexibility index (Phi) is 3.41. The molecule has 0 atom stereocenters. The van der Waals surface area contributed by atoms with Crippen molar-refractivity contribution < 1.29 is 9.13 Å². The summed E-state index contributed by atoms with van der Waals surface area (Å²) in [7, 11) is 0. The molecule has 1 aromatic rings. The summed E-state index contributed by atoms with van der Waals surface area (Å²) in [6, 6.07) is 1.23. The molecule has 1 heterocycles.